The van der Waals surface area contributed by atoms with Crippen LogP contribution in [0.1, 0.15) is 10.6 Å². The van der Waals surface area contributed by atoms with E-state index in [1.807, 2.05) is 31.2 Å². The lowest BCUT2D eigenvalue weighted by Gasteiger charge is -2.04. The number of non-ortho nitro benzene ring substituents is 1. The second-order valence-electron chi connectivity index (χ2n) is 6.59. The van der Waals surface area contributed by atoms with E-state index in [1.165, 1.54) is 35.6 Å². The Labute approximate surface area is 179 Å². The third-order valence-electron chi connectivity index (χ3n) is 4.57. The quantitative estimate of drug-likeness (QED) is 0.202. The molecular weight excluding hydrogens is 416 g/mol. The van der Waals surface area contributed by atoms with Crippen molar-refractivity contribution in [2.24, 2.45) is 0 Å². The van der Waals surface area contributed by atoms with Crippen molar-refractivity contribution in [3.05, 3.63) is 91.2 Å². The fourth-order valence-corrected chi connectivity index (χ4v) is 3.74. The lowest BCUT2D eigenvalue weighted by atomic mass is 10.1. The number of fused-ring (bicyclic) bond motifs is 1. The Balaban J connectivity index is 1.69. The van der Waals surface area contributed by atoms with Crippen molar-refractivity contribution in [3.8, 4) is 17.3 Å². The molecule has 0 fully saturated rings. The standard InChI is InChI=1S/C22H14N4O4S/c1-13-4-2-3-5-18(13)24-11-15(10-23)21-25-19(12-31-21)17-9-14-8-16(26(28)29)6-7-20(14)30-22(17)27/h2-9,11-12,24H,1H3/b15-11-. The number of allylic oxidation sites excluding steroid dienone is 1. The molecule has 2 aromatic carbocycles. The summed E-state index contributed by atoms with van der Waals surface area (Å²) < 4.78 is 5.29. The van der Waals surface area contributed by atoms with Gasteiger partial charge in [0.05, 0.1) is 16.2 Å². The summed E-state index contributed by atoms with van der Waals surface area (Å²) in [6.07, 6.45) is 1.57. The van der Waals surface area contributed by atoms with Gasteiger partial charge in [-0.1, -0.05) is 18.2 Å². The monoisotopic (exact) mass is 430 g/mol. The maximum atomic E-state index is 12.4. The van der Waals surface area contributed by atoms with Gasteiger partial charge in [0.2, 0.25) is 0 Å². The molecule has 0 unspecified atom stereocenters. The molecule has 31 heavy (non-hydrogen) atoms. The number of thiazole rings is 1. The molecule has 0 aliphatic carbocycles. The van der Waals surface area contributed by atoms with Crippen LogP contribution in [0.3, 0.4) is 0 Å². The average Bonchev–Trinajstić information content (AvgIpc) is 3.24. The van der Waals surface area contributed by atoms with Crippen molar-refractivity contribution in [1.29, 1.82) is 5.26 Å². The number of para-hydroxylation sites is 1. The molecule has 2 aromatic heterocycles. The first-order valence-electron chi connectivity index (χ1n) is 9.07. The summed E-state index contributed by atoms with van der Waals surface area (Å²) in [6, 6.07) is 15.3. The Morgan fingerprint density at radius 2 is 2.10 bits per heavy atom. The number of benzene rings is 2. The van der Waals surface area contributed by atoms with Gasteiger partial charge in [-0.05, 0) is 30.7 Å². The van der Waals surface area contributed by atoms with Crippen molar-refractivity contribution in [2.75, 3.05) is 5.32 Å². The van der Waals surface area contributed by atoms with Gasteiger partial charge >= 0.3 is 5.63 Å². The topological polar surface area (TPSA) is 122 Å². The minimum Gasteiger partial charge on any atom is -0.422 e. The van der Waals surface area contributed by atoms with Crippen molar-refractivity contribution >= 4 is 39.3 Å². The molecule has 0 aliphatic rings. The van der Waals surface area contributed by atoms with Crippen LogP contribution in [-0.4, -0.2) is 9.91 Å². The number of aryl methyl sites for hydroxylation is 1. The highest BCUT2D eigenvalue weighted by Crippen LogP contribution is 2.28. The van der Waals surface area contributed by atoms with Crippen LogP contribution in [0, 0.1) is 28.4 Å². The molecule has 0 amide bonds. The van der Waals surface area contributed by atoms with Crippen LogP contribution in [0.4, 0.5) is 11.4 Å². The van der Waals surface area contributed by atoms with Crippen molar-refractivity contribution in [3.63, 3.8) is 0 Å². The van der Waals surface area contributed by atoms with Gasteiger partial charge in [-0.3, -0.25) is 10.1 Å². The molecule has 9 heteroatoms. The number of nitriles is 1. The fraction of sp³-hybridized carbons (Fsp3) is 0.0455. The number of hydrogen-bond donors (Lipinski definition) is 1. The minimum absolute atomic E-state index is 0.108. The van der Waals surface area contributed by atoms with E-state index >= 15 is 0 Å². The lowest BCUT2D eigenvalue weighted by molar-refractivity contribution is -0.384. The minimum atomic E-state index is -0.612. The van der Waals surface area contributed by atoms with Gasteiger partial charge in [0, 0.05) is 34.8 Å². The van der Waals surface area contributed by atoms with Crippen LogP contribution in [0.2, 0.25) is 0 Å². The van der Waals surface area contributed by atoms with Gasteiger partial charge in [-0.15, -0.1) is 11.3 Å². The number of nitrogens with one attached hydrogen (secondary N) is 1. The molecule has 0 saturated carbocycles. The zero-order valence-corrected chi connectivity index (χ0v) is 17.0. The zero-order chi connectivity index (χ0) is 22.0. The predicted octanol–water partition coefficient (Wildman–Crippen LogP) is 5.11. The largest absolute Gasteiger partial charge is 0.422 e. The molecule has 0 aliphatic heterocycles. The van der Waals surface area contributed by atoms with Crippen LogP contribution >= 0.6 is 11.3 Å². The second kappa shape index (κ2) is 8.22. The summed E-state index contributed by atoms with van der Waals surface area (Å²) in [6.45, 7) is 1.95. The molecule has 4 rings (SSSR count). The van der Waals surface area contributed by atoms with Crippen LogP contribution in [0.5, 0.6) is 0 Å². The second-order valence-corrected chi connectivity index (χ2v) is 7.45. The number of nitrogens with zero attached hydrogens (tertiary/aromatic N) is 3. The Hall–Kier alpha value is -4.29. The van der Waals surface area contributed by atoms with Crippen molar-refractivity contribution in [1.82, 2.24) is 4.98 Å². The smallest absolute Gasteiger partial charge is 0.345 e. The summed E-state index contributed by atoms with van der Waals surface area (Å²) in [5, 5.41) is 26.2. The van der Waals surface area contributed by atoms with Crippen molar-refractivity contribution in [2.45, 2.75) is 6.92 Å². The normalized spacial score (nSPS) is 11.3. The molecule has 0 radical (unpaired) electrons. The van der Waals surface area contributed by atoms with Crippen LogP contribution in [0.25, 0.3) is 27.8 Å². The SMILES string of the molecule is Cc1ccccc1N/C=C(/C#N)c1nc(-c2cc3cc([N+](=O)[O-])ccc3oc2=O)cs1. The summed E-state index contributed by atoms with van der Waals surface area (Å²) in [7, 11) is 0. The highest BCUT2D eigenvalue weighted by Gasteiger charge is 2.15. The van der Waals surface area contributed by atoms with Gasteiger partial charge in [0.15, 0.2) is 0 Å². The Kier molecular flexibility index (Phi) is 5.30. The van der Waals surface area contributed by atoms with E-state index in [2.05, 4.69) is 16.4 Å². The number of rotatable bonds is 5. The van der Waals surface area contributed by atoms with Crippen LogP contribution in [-0.2, 0) is 0 Å². The van der Waals surface area contributed by atoms with E-state index in [9.17, 15) is 20.2 Å². The molecule has 152 valence electrons. The van der Waals surface area contributed by atoms with E-state index in [1.54, 1.807) is 11.6 Å². The molecule has 0 bridgehead atoms. The van der Waals surface area contributed by atoms with Crippen molar-refractivity contribution < 1.29 is 9.34 Å². The highest BCUT2D eigenvalue weighted by molar-refractivity contribution is 7.11. The maximum absolute atomic E-state index is 12.4. The third kappa shape index (κ3) is 4.05. The molecule has 0 saturated heterocycles. The first-order valence-corrected chi connectivity index (χ1v) is 9.95. The molecular formula is C22H14N4O4S. The molecule has 1 N–H and O–H groups in total. The van der Waals surface area contributed by atoms with E-state index in [0.29, 0.717) is 21.7 Å². The summed E-state index contributed by atoms with van der Waals surface area (Å²) in [5.41, 5.74) is 2.22. The lowest BCUT2D eigenvalue weighted by Crippen LogP contribution is -2.03. The molecule has 8 nitrogen and oxygen atoms in total. The molecule has 0 atom stereocenters. The molecule has 4 aromatic rings. The summed E-state index contributed by atoms with van der Waals surface area (Å²) in [4.78, 5) is 27.3. The van der Waals surface area contributed by atoms with E-state index in [4.69, 9.17) is 4.42 Å². The first-order chi connectivity index (χ1) is 15.0. The van der Waals surface area contributed by atoms with Gasteiger partial charge in [-0.25, -0.2) is 9.78 Å². The Morgan fingerprint density at radius 1 is 1.29 bits per heavy atom. The fourth-order valence-electron chi connectivity index (χ4n) is 2.95. The highest BCUT2D eigenvalue weighted by atomic mass is 32.1. The van der Waals surface area contributed by atoms with Crippen LogP contribution < -0.4 is 10.9 Å². The Bertz CT molecular complexity index is 1450. The van der Waals surface area contributed by atoms with E-state index in [-0.39, 0.29) is 16.8 Å². The van der Waals surface area contributed by atoms with E-state index in [0.717, 1.165) is 11.3 Å². The Morgan fingerprint density at radius 3 is 2.84 bits per heavy atom. The van der Waals surface area contributed by atoms with Gasteiger partial charge < -0.3 is 9.73 Å². The molecule has 2 heterocycles. The van der Waals surface area contributed by atoms with E-state index < -0.39 is 10.5 Å². The number of hydrogen-bond acceptors (Lipinski definition) is 8. The van der Waals surface area contributed by atoms with Crippen LogP contribution in [0.15, 0.2) is 69.3 Å². The third-order valence-corrected chi connectivity index (χ3v) is 5.45. The summed E-state index contributed by atoms with van der Waals surface area (Å²) in [5.74, 6) is 0. The van der Waals surface area contributed by atoms with Gasteiger partial charge in [-0.2, -0.15) is 5.26 Å². The van der Waals surface area contributed by atoms with Gasteiger partial charge in [0.1, 0.15) is 22.2 Å². The predicted molar refractivity (Wildman–Crippen MR) is 119 cm³/mol. The number of anilines is 1. The number of nitro benzene ring substituents is 1. The number of nitro groups is 1. The molecule has 0 spiro atoms. The first kappa shape index (κ1) is 20.0. The van der Waals surface area contributed by atoms with Gasteiger partial charge in [0.25, 0.3) is 5.69 Å². The maximum Gasteiger partial charge on any atom is 0.345 e. The zero-order valence-electron chi connectivity index (χ0n) is 16.2. The summed E-state index contributed by atoms with van der Waals surface area (Å²) >= 11 is 1.21. The number of aromatic nitrogens is 1. The average molecular weight is 430 g/mol.